The van der Waals surface area contributed by atoms with Crippen molar-refractivity contribution in [1.29, 1.82) is 0 Å². The lowest BCUT2D eigenvalue weighted by atomic mass is 10.1. The van der Waals surface area contributed by atoms with Crippen molar-refractivity contribution in [2.24, 2.45) is 0 Å². The molecule has 2 rings (SSSR count). The third-order valence-electron chi connectivity index (χ3n) is 2.28. The normalized spacial score (nSPS) is 15.5. The molecular formula is C12H8Cl2O4. The number of ether oxygens (including phenoxy) is 2. The van der Waals surface area contributed by atoms with Crippen LogP contribution in [0.1, 0.15) is 22.8 Å². The van der Waals surface area contributed by atoms with E-state index >= 15 is 0 Å². The zero-order valence-corrected chi connectivity index (χ0v) is 10.8. The lowest BCUT2D eigenvalue weighted by Gasteiger charge is -2.00. The van der Waals surface area contributed by atoms with Gasteiger partial charge in [-0.05, 0) is 19.1 Å². The number of cyclic esters (lactones) is 1. The molecule has 0 unspecified atom stereocenters. The fourth-order valence-electron chi connectivity index (χ4n) is 1.53. The van der Waals surface area contributed by atoms with Crippen LogP contribution in [0.4, 0.5) is 0 Å². The SMILES string of the molecule is CCOC(=O)/C=C1/OC(=O)c2cc(Cl)c(Cl)cc21. The number of hydrogen-bond donors (Lipinski definition) is 0. The smallest absolute Gasteiger partial charge is 0.344 e. The molecule has 0 fully saturated rings. The van der Waals surface area contributed by atoms with Crippen molar-refractivity contribution in [3.05, 3.63) is 39.4 Å². The zero-order valence-electron chi connectivity index (χ0n) is 9.33. The molecule has 0 aromatic heterocycles. The summed E-state index contributed by atoms with van der Waals surface area (Å²) in [7, 11) is 0. The van der Waals surface area contributed by atoms with E-state index in [0.717, 1.165) is 6.08 Å². The van der Waals surface area contributed by atoms with Crippen LogP contribution in [0.5, 0.6) is 0 Å². The highest BCUT2D eigenvalue weighted by Crippen LogP contribution is 2.35. The summed E-state index contributed by atoms with van der Waals surface area (Å²) in [5.74, 6) is -1.04. The van der Waals surface area contributed by atoms with Crippen molar-refractivity contribution in [2.45, 2.75) is 6.92 Å². The summed E-state index contributed by atoms with van der Waals surface area (Å²) < 4.78 is 9.71. The summed E-state index contributed by atoms with van der Waals surface area (Å²) in [4.78, 5) is 22.9. The summed E-state index contributed by atoms with van der Waals surface area (Å²) in [5, 5.41) is 0.535. The van der Waals surface area contributed by atoms with Crippen LogP contribution in [0.15, 0.2) is 18.2 Å². The highest BCUT2D eigenvalue weighted by atomic mass is 35.5. The maximum atomic E-state index is 11.6. The van der Waals surface area contributed by atoms with Gasteiger partial charge in [0, 0.05) is 5.56 Å². The molecule has 0 amide bonds. The Kier molecular flexibility index (Phi) is 3.59. The van der Waals surface area contributed by atoms with Crippen molar-refractivity contribution in [3.8, 4) is 0 Å². The second kappa shape index (κ2) is 5.00. The fraction of sp³-hybridized carbons (Fsp3) is 0.167. The molecule has 0 N–H and O–H groups in total. The van der Waals surface area contributed by atoms with Gasteiger partial charge in [-0.15, -0.1) is 0 Å². The fourth-order valence-corrected chi connectivity index (χ4v) is 1.85. The monoisotopic (exact) mass is 286 g/mol. The van der Waals surface area contributed by atoms with Crippen LogP contribution in [0, 0.1) is 0 Å². The summed E-state index contributed by atoms with van der Waals surface area (Å²) in [6.07, 6.45) is 1.11. The van der Waals surface area contributed by atoms with Crippen LogP contribution in [-0.2, 0) is 14.3 Å². The number of carbonyl (C=O) groups is 2. The molecule has 1 aliphatic rings. The van der Waals surface area contributed by atoms with E-state index in [4.69, 9.17) is 32.7 Å². The van der Waals surface area contributed by atoms with E-state index in [0.29, 0.717) is 5.56 Å². The third kappa shape index (κ3) is 2.35. The summed E-state index contributed by atoms with van der Waals surface area (Å²) in [5.41, 5.74) is 0.711. The largest absolute Gasteiger partial charge is 0.463 e. The first-order valence-corrected chi connectivity index (χ1v) is 5.88. The minimum Gasteiger partial charge on any atom is -0.463 e. The molecular weight excluding hydrogens is 279 g/mol. The topological polar surface area (TPSA) is 52.6 Å². The van der Waals surface area contributed by atoms with E-state index in [9.17, 15) is 9.59 Å². The maximum Gasteiger partial charge on any atom is 0.344 e. The van der Waals surface area contributed by atoms with Crippen molar-refractivity contribution >= 4 is 40.9 Å². The van der Waals surface area contributed by atoms with Crippen molar-refractivity contribution < 1.29 is 19.1 Å². The van der Waals surface area contributed by atoms with Gasteiger partial charge in [0.05, 0.1) is 28.3 Å². The van der Waals surface area contributed by atoms with Gasteiger partial charge in [0.25, 0.3) is 0 Å². The molecule has 1 heterocycles. The van der Waals surface area contributed by atoms with E-state index in [1.165, 1.54) is 12.1 Å². The predicted molar refractivity (Wildman–Crippen MR) is 66.5 cm³/mol. The number of fused-ring (bicyclic) bond motifs is 1. The summed E-state index contributed by atoms with van der Waals surface area (Å²) in [6, 6.07) is 2.89. The highest BCUT2D eigenvalue weighted by molar-refractivity contribution is 6.42. The number of carbonyl (C=O) groups excluding carboxylic acids is 2. The highest BCUT2D eigenvalue weighted by Gasteiger charge is 2.28. The number of esters is 2. The summed E-state index contributed by atoms with van der Waals surface area (Å²) in [6.45, 7) is 1.92. The molecule has 1 aromatic carbocycles. The third-order valence-corrected chi connectivity index (χ3v) is 3.01. The van der Waals surface area contributed by atoms with E-state index < -0.39 is 11.9 Å². The van der Waals surface area contributed by atoms with Crippen molar-refractivity contribution in [2.75, 3.05) is 6.61 Å². The van der Waals surface area contributed by atoms with Gasteiger partial charge >= 0.3 is 11.9 Å². The Morgan fingerprint density at radius 3 is 2.56 bits per heavy atom. The first kappa shape index (κ1) is 12.9. The Morgan fingerprint density at radius 1 is 1.33 bits per heavy atom. The molecule has 94 valence electrons. The van der Waals surface area contributed by atoms with Crippen LogP contribution in [0.2, 0.25) is 10.0 Å². The van der Waals surface area contributed by atoms with Crippen LogP contribution in [0.25, 0.3) is 5.76 Å². The molecule has 6 heteroatoms. The van der Waals surface area contributed by atoms with Gasteiger partial charge < -0.3 is 9.47 Å². The minimum absolute atomic E-state index is 0.118. The van der Waals surface area contributed by atoms with Crippen molar-refractivity contribution in [1.82, 2.24) is 0 Å². The Labute approximate surface area is 113 Å². The maximum absolute atomic E-state index is 11.6. The second-order valence-electron chi connectivity index (χ2n) is 3.46. The molecule has 0 aliphatic carbocycles. The van der Waals surface area contributed by atoms with Gasteiger partial charge in [0.15, 0.2) is 0 Å². The van der Waals surface area contributed by atoms with Gasteiger partial charge in [-0.1, -0.05) is 23.2 Å². The summed E-state index contributed by atoms with van der Waals surface area (Å²) >= 11 is 11.7. The van der Waals surface area contributed by atoms with E-state index in [2.05, 4.69) is 0 Å². The zero-order chi connectivity index (χ0) is 13.3. The first-order valence-electron chi connectivity index (χ1n) is 5.13. The number of rotatable bonds is 2. The molecule has 0 saturated heterocycles. The average Bonchev–Trinajstić information content (AvgIpc) is 2.57. The van der Waals surface area contributed by atoms with Gasteiger partial charge in [0.1, 0.15) is 5.76 Å². The van der Waals surface area contributed by atoms with Gasteiger partial charge in [0.2, 0.25) is 0 Å². The van der Waals surface area contributed by atoms with Crippen LogP contribution < -0.4 is 0 Å². The molecule has 0 saturated carbocycles. The van der Waals surface area contributed by atoms with Gasteiger partial charge in [-0.3, -0.25) is 0 Å². The Balaban J connectivity index is 2.44. The average molecular weight is 287 g/mol. The lowest BCUT2D eigenvalue weighted by molar-refractivity contribution is -0.137. The van der Waals surface area contributed by atoms with E-state index in [1.54, 1.807) is 6.92 Å². The molecule has 0 spiro atoms. The number of hydrogen-bond acceptors (Lipinski definition) is 4. The standard InChI is InChI=1S/C12H8Cl2O4/c1-2-17-11(15)5-10-6-3-8(13)9(14)4-7(6)12(16)18-10/h3-5H,2H2,1H3/b10-5+. The van der Waals surface area contributed by atoms with Gasteiger partial charge in [-0.2, -0.15) is 0 Å². The molecule has 0 bridgehead atoms. The second-order valence-corrected chi connectivity index (χ2v) is 4.28. The van der Waals surface area contributed by atoms with E-state index in [-0.39, 0.29) is 28.0 Å². The van der Waals surface area contributed by atoms with Crippen LogP contribution in [0.3, 0.4) is 0 Å². The van der Waals surface area contributed by atoms with Crippen LogP contribution >= 0.6 is 23.2 Å². The first-order chi connectivity index (χ1) is 8.52. The Bertz CT molecular complexity index is 563. The predicted octanol–water partition coefficient (Wildman–Crippen LogP) is 3.07. The molecule has 4 nitrogen and oxygen atoms in total. The quantitative estimate of drug-likeness (QED) is 0.619. The number of benzene rings is 1. The Hall–Kier alpha value is -1.52. The minimum atomic E-state index is -0.584. The molecule has 18 heavy (non-hydrogen) atoms. The van der Waals surface area contributed by atoms with Crippen LogP contribution in [-0.4, -0.2) is 18.5 Å². The molecule has 1 aromatic rings. The molecule has 0 radical (unpaired) electrons. The molecule has 0 atom stereocenters. The Morgan fingerprint density at radius 2 is 1.94 bits per heavy atom. The lowest BCUT2D eigenvalue weighted by Crippen LogP contribution is -2.01. The van der Waals surface area contributed by atoms with Gasteiger partial charge in [-0.25, -0.2) is 9.59 Å². The number of halogens is 2. The molecule has 1 aliphatic heterocycles. The van der Waals surface area contributed by atoms with E-state index in [1.807, 2.05) is 0 Å². The van der Waals surface area contributed by atoms with Crippen molar-refractivity contribution in [3.63, 3.8) is 0 Å².